The maximum Gasteiger partial charge on any atom is 0.272 e. The molecule has 1 amide bonds. The quantitative estimate of drug-likeness (QED) is 0.473. The van der Waals surface area contributed by atoms with Crippen molar-refractivity contribution >= 4 is 11.7 Å². The Morgan fingerprint density at radius 3 is 2.62 bits per heavy atom. The van der Waals surface area contributed by atoms with Gasteiger partial charge in [-0.25, -0.2) is 4.98 Å². The molecule has 34 heavy (non-hydrogen) atoms. The van der Waals surface area contributed by atoms with E-state index in [1.54, 1.807) is 10.9 Å². The Morgan fingerprint density at radius 2 is 1.85 bits per heavy atom. The SMILES string of the molecule is Cc1ccc(-c2cnnc(-n3nc(C)c4c3NC(=O)CC4c3ccccc3OC(C)C)n2)cc1. The van der Waals surface area contributed by atoms with Crippen molar-refractivity contribution in [2.24, 2.45) is 0 Å². The van der Waals surface area contributed by atoms with Crippen molar-refractivity contribution in [1.82, 2.24) is 25.0 Å². The highest BCUT2D eigenvalue weighted by molar-refractivity contribution is 5.95. The molecule has 0 radical (unpaired) electrons. The van der Waals surface area contributed by atoms with Gasteiger partial charge < -0.3 is 10.1 Å². The number of nitrogens with one attached hydrogen (secondary N) is 1. The van der Waals surface area contributed by atoms with Crippen molar-refractivity contribution < 1.29 is 9.53 Å². The Hall–Kier alpha value is -4.07. The summed E-state index contributed by atoms with van der Waals surface area (Å²) in [4.78, 5) is 17.5. The molecule has 1 unspecified atom stereocenters. The summed E-state index contributed by atoms with van der Waals surface area (Å²) in [6, 6.07) is 15.9. The number of benzene rings is 2. The smallest absolute Gasteiger partial charge is 0.272 e. The number of nitrogens with zero attached hydrogens (tertiary/aromatic N) is 5. The number of ether oxygens (including phenoxy) is 1. The van der Waals surface area contributed by atoms with E-state index in [4.69, 9.17) is 14.8 Å². The molecule has 0 fully saturated rings. The number of para-hydroxylation sites is 1. The second kappa shape index (κ2) is 8.70. The second-order valence-electron chi connectivity index (χ2n) is 8.78. The summed E-state index contributed by atoms with van der Waals surface area (Å²) in [5, 5.41) is 16.1. The number of hydrogen-bond donors (Lipinski definition) is 1. The molecule has 8 nitrogen and oxygen atoms in total. The topological polar surface area (TPSA) is 94.8 Å². The highest BCUT2D eigenvalue weighted by Gasteiger charge is 2.34. The van der Waals surface area contributed by atoms with Gasteiger partial charge in [-0.15, -0.1) is 5.10 Å². The molecule has 0 bridgehead atoms. The van der Waals surface area contributed by atoms with Crippen LogP contribution in [0.2, 0.25) is 0 Å². The Labute approximate surface area is 198 Å². The van der Waals surface area contributed by atoms with Crippen LogP contribution in [-0.4, -0.2) is 37.0 Å². The monoisotopic (exact) mass is 454 g/mol. The summed E-state index contributed by atoms with van der Waals surface area (Å²) in [6.45, 7) is 7.95. The summed E-state index contributed by atoms with van der Waals surface area (Å²) < 4.78 is 7.63. The zero-order chi connectivity index (χ0) is 23.8. The predicted octanol–water partition coefficient (Wildman–Crippen LogP) is 4.60. The number of amides is 1. The number of rotatable bonds is 5. The van der Waals surface area contributed by atoms with Crippen molar-refractivity contribution in [3.63, 3.8) is 0 Å². The first-order valence-electron chi connectivity index (χ1n) is 11.3. The van der Waals surface area contributed by atoms with Gasteiger partial charge in [0.25, 0.3) is 5.95 Å². The molecule has 0 saturated carbocycles. The Bertz CT molecular complexity index is 1360. The molecule has 0 aliphatic carbocycles. The zero-order valence-electron chi connectivity index (χ0n) is 19.6. The third-order valence-corrected chi connectivity index (χ3v) is 5.84. The molecule has 1 aliphatic rings. The fraction of sp³-hybridized carbons (Fsp3) is 0.269. The number of aromatic nitrogens is 5. The maximum absolute atomic E-state index is 12.8. The van der Waals surface area contributed by atoms with Gasteiger partial charge >= 0.3 is 0 Å². The lowest BCUT2D eigenvalue weighted by Crippen LogP contribution is -2.25. The van der Waals surface area contributed by atoms with Crippen LogP contribution in [0.25, 0.3) is 17.2 Å². The highest BCUT2D eigenvalue weighted by Crippen LogP contribution is 2.43. The molecule has 8 heteroatoms. The molecular formula is C26H26N6O2. The van der Waals surface area contributed by atoms with Crippen LogP contribution in [0.1, 0.15) is 48.6 Å². The molecule has 5 rings (SSSR count). The molecule has 172 valence electrons. The van der Waals surface area contributed by atoms with E-state index in [1.165, 1.54) is 5.56 Å². The highest BCUT2D eigenvalue weighted by atomic mass is 16.5. The first kappa shape index (κ1) is 21.8. The molecular weight excluding hydrogens is 428 g/mol. The summed E-state index contributed by atoms with van der Waals surface area (Å²) in [5.41, 5.74) is 5.47. The lowest BCUT2D eigenvalue weighted by atomic mass is 9.85. The molecule has 3 heterocycles. The van der Waals surface area contributed by atoms with Crippen molar-refractivity contribution in [2.45, 2.75) is 46.1 Å². The van der Waals surface area contributed by atoms with E-state index in [-0.39, 0.29) is 17.9 Å². The van der Waals surface area contributed by atoms with E-state index in [0.29, 0.717) is 23.9 Å². The summed E-state index contributed by atoms with van der Waals surface area (Å²) in [6.07, 6.45) is 1.95. The van der Waals surface area contributed by atoms with Crippen LogP contribution in [0, 0.1) is 13.8 Å². The number of fused-ring (bicyclic) bond motifs is 1. The van der Waals surface area contributed by atoms with Crippen LogP contribution in [0.15, 0.2) is 54.7 Å². The van der Waals surface area contributed by atoms with Crippen LogP contribution in [-0.2, 0) is 4.79 Å². The Kier molecular flexibility index (Phi) is 5.57. The number of hydrogen-bond acceptors (Lipinski definition) is 6. The van der Waals surface area contributed by atoms with E-state index in [9.17, 15) is 4.79 Å². The Balaban J connectivity index is 1.60. The third-order valence-electron chi connectivity index (χ3n) is 5.84. The fourth-order valence-corrected chi connectivity index (χ4v) is 4.33. The molecule has 4 aromatic rings. The van der Waals surface area contributed by atoms with Gasteiger partial charge in [-0.1, -0.05) is 48.0 Å². The molecule has 1 aliphatic heterocycles. The van der Waals surface area contributed by atoms with Gasteiger partial charge in [-0.3, -0.25) is 4.79 Å². The van der Waals surface area contributed by atoms with Crippen LogP contribution >= 0.6 is 0 Å². The Morgan fingerprint density at radius 1 is 1.09 bits per heavy atom. The van der Waals surface area contributed by atoms with Crippen molar-refractivity contribution in [3.8, 4) is 23.0 Å². The summed E-state index contributed by atoms with van der Waals surface area (Å²) >= 11 is 0. The minimum Gasteiger partial charge on any atom is -0.491 e. The lowest BCUT2D eigenvalue weighted by Gasteiger charge is -2.26. The number of carbonyl (C=O) groups excluding carboxylic acids is 1. The fourth-order valence-electron chi connectivity index (χ4n) is 4.33. The second-order valence-corrected chi connectivity index (χ2v) is 8.78. The maximum atomic E-state index is 12.8. The average Bonchev–Trinajstić information content (AvgIpc) is 3.15. The van der Waals surface area contributed by atoms with Crippen molar-refractivity contribution in [2.75, 3.05) is 5.32 Å². The summed E-state index contributed by atoms with van der Waals surface area (Å²) in [7, 11) is 0. The average molecular weight is 455 g/mol. The van der Waals surface area contributed by atoms with Crippen molar-refractivity contribution in [1.29, 1.82) is 0 Å². The van der Waals surface area contributed by atoms with E-state index in [2.05, 4.69) is 15.5 Å². The van der Waals surface area contributed by atoms with Gasteiger partial charge in [-0.2, -0.15) is 14.9 Å². The third kappa shape index (κ3) is 4.03. The van der Waals surface area contributed by atoms with Crippen LogP contribution in [0.3, 0.4) is 0 Å². The zero-order valence-corrected chi connectivity index (χ0v) is 19.6. The number of aryl methyl sites for hydroxylation is 2. The van der Waals surface area contributed by atoms with Crippen LogP contribution < -0.4 is 10.1 Å². The van der Waals surface area contributed by atoms with Gasteiger partial charge in [-0.05, 0) is 33.8 Å². The largest absolute Gasteiger partial charge is 0.491 e. The molecule has 2 aromatic carbocycles. The van der Waals surface area contributed by atoms with Gasteiger partial charge in [0.1, 0.15) is 11.6 Å². The lowest BCUT2D eigenvalue weighted by molar-refractivity contribution is -0.116. The van der Waals surface area contributed by atoms with E-state index >= 15 is 0 Å². The summed E-state index contributed by atoms with van der Waals surface area (Å²) in [5.74, 6) is 1.35. The van der Waals surface area contributed by atoms with E-state index < -0.39 is 0 Å². The first-order valence-corrected chi connectivity index (χ1v) is 11.3. The van der Waals surface area contributed by atoms with E-state index in [0.717, 1.165) is 28.1 Å². The number of carbonyl (C=O) groups is 1. The van der Waals surface area contributed by atoms with Gasteiger partial charge in [0.05, 0.1) is 23.7 Å². The standard InChI is InChI=1S/C26H26N6O2/c1-15(2)34-22-8-6-5-7-19(22)20-13-23(33)29-25-24(20)17(4)31-32(25)26-28-21(14-27-30-26)18-11-9-16(3)10-12-18/h5-12,14-15,20H,13H2,1-4H3,(H,29,33). The first-order chi connectivity index (χ1) is 16.4. The van der Waals surface area contributed by atoms with E-state index in [1.807, 2.05) is 76.2 Å². The molecule has 0 spiro atoms. The molecule has 1 atom stereocenters. The molecule has 1 N–H and O–H groups in total. The molecule has 0 saturated heterocycles. The predicted molar refractivity (Wildman–Crippen MR) is 129 cm³/mol. The minimum atomic E-state index is -0.194. The van der Waals surface area contributed by atoms with Crippen LogP contribution in [0.5, 0.6) is 5.75 Å². The normalized spacial score (nSPS) is 15.2. The number of anilines is 1. The van der Waals surface area contributed by atoms with Crippen LogP contribution in [0.4, 0.5) is 5.82 Å². The molecule has 2 aromatic heterocycles. The van der Waals surface area contributed by atoms with Gasteiger partial charge in [0.15, 0.2) is 0 Å². The van der Waals surface area contributed by atoms with Gasteiger partial charge in [0.2, 0.25) is 5.91 Å². The minimum absolute atomic E-state index is 0.0193. The van der Waals surface area contributed by atoms with Crippen molar-refractivity contribution in [3.05, 3.63) is 77.1 Å². The van der Waals surface area contributed by atoms with Gasteiger partial charge in [0, 0.05) is 29.0 Å².